The molecule has 9 heteroatoms. The minimum Gasteiger partial charge on any atom is -0.454 e. The highest BCUT2D eigenvalue weighted by atomic mass is 35.5. The van der Waals surface area contributed by atoms with Crippen molar-refractivity contribution in [2.75, 3.05) is 11.9 Å². The van der Waals surface area contributed by atoms with Gasteiger partial charge in [0, 0.05) is 6.20 Å². The first-order valence-electron chi connectivity index (χ1n) is 7.19. The van der Waals surface area contributed by atoms with E-state index in [0.717, 1.165) is 11.0 Å². The van der Waals surface area contributed by atoms with Crippen molar-refractivity contribution in [3.05, 3.63) is 52.9 Å². The van der Waals surface area contributed by atoms with E-state index in [-0.39, 0.29) is 17.4 Å². The molecular formula is C16H12Cl2N4O3. The molecule has 0 atom stereocenters. The first-order valence-corrected chi connectivity index (χ1v) is 7.95. The number of para-hydroxylation sites is 2. The van der Waals surface area contributed by atoms with E-state index in [2.05, 4.69) is 15.3 Å². The number of amides is 1. The second-order valence-corrected chi connectivity index (χ2v) is 5.90. The number of pyridine rings is 1. The Kier molecular flexibility index (Phi) is 5.16. The topological polar surface area (TPSA) is 86.1 Å². The van der Waals surface area contributed by atoms with Gasteiger partial charge in [0.25, 0.3) is 5.91 Å². The predicted octanol–water partition coefficient (Wildman–Crippen LogP) is 2.92. The summed E-state index contributed by atoms with van der Waals surface area (Å²) in [7, 11) is 0. The second kappa shape index (κ2) is 7.50. The van der Waals surface area contributed by atoms with E-state index < -0.39 is 18.5 Å². The van der Waals surface area contributed by atoms with Crippen molar-refractivity contribution in [3.8, 4) is 0 Å². The number of aromatic nitrogens is 3. The smallest absolute Gasteiger partial charge is 0.326 e. The lowest BCUT2D eigenvalue weighted by atomic mass is 10.3. The molecule has 0 aliphatic rings. The zero-order valence-corrected chi connectivity index (χ0v) is 14.3. The van der Waals surface area contributed by atoms with Gasteiger partial charge in [-0.2, -0.15) is 0 Å². The number of nitrogens with one attached hydrogen (secondary N) is 1. The van der Waals surface area contributed by atoms with Crippen LogP contribution in [0.4, 0.5) is 5.82 Å². The fourth-order valence-electron chi connectivity index (χ4n) is 2.14. The van der Waals surface area contributed by atoms with E-state index in [4.69, 9.17) is 27.9 Å². The van der Waals surface area contributed by atoms with Crippen LogP contribution in [0.15, 0.2) is 42.9 Å². The van der Waals surface area contributed by atoms with Crippen molar-refractivity contribution in [3.63, 3.8) is 0 Å². The normalized spacial score (nSPS) is 10.6. The SMILES string of the molecule is O=C(COC(=O)Cn1cnc2ccccc21)Nc1ncc(Cl)cc1Cl. The predicted molar refractivity (Wildman–Crippen MR) is 93.6 cm³/mol. The van der Waals surface area contributed by atoms with Gasteiger partial charge in [-0.05, 0) is 18.2 Å². The van der Waals surface area contributed by atoms with E-state index in [1.165, 1.54) is 12.3 Å². The first-order chi connectivity index (χ1) is 12.0. The summed E-state index contributed by atoms with van der Waals surface area (Å²) >= 11 is 11.6. The van der Waals surface area contributed by atoms with Crippen molar-refractivity contribution >= 4 is 51.9 Å². The summed E-state index contributed by atoms with van der Waals surface area (Å²) < 4.78 is 6.61. The molecular weight excluding hydrogens is 367 g/mol. The number of benzene rings is 1. The third kappa shape index (κ3) is 4.26. The molecule has 0 spiro atoms. The second-order valence-electron chi connectivity index (χ2n) is 5.05. The monoisotopic (exact) mass is 378 g/mol. The number of carbonyl (C=O) groups excluding carboxylic acids is 2. The fraction of sp³-hybridized carbons (Fsp3) is 0.125. The van der Waals surface area contributed by atoms with Crippen LogP contribution in [0.25, 0.3) is 11.0 Å². The summed E-state index contributed by atoms with van der Waals surface area (Å²) in [6.45, 7) is -0.500. The van der Waals surface area contributed by atoms with Crippen LogP contribution < -0.4 is 5.32 Å². The van der Waals surface area contributed by atoms with Gasteiger partial charge >= 0.3 is 5.97 Å². The van der Waals surface area contributed by atoms with Gasteiger partial charge in [0.15, 0.2) is 12.4 Å². The van der Waals surface area contributed by atoms with Crippen LogP contribution in [0.5, 0.6) is 0 Å². The van der Waals surface area contributed by atoms with Crippen molar-refractivity contribution in [1.82, 2.24) is 14.5 Å². The molecule has 1 amide bonds. The summed E-state index contributed by atoms with van der Waals surface area (Å²) in [5.41, 5.74) is 1.58. The van der Waals surface area contributed by atoms with E-state index >= 15 is 0 Å². The maximum absolute atomic E-state index is 11.9. The maximum Gasteiger partial charge on any atom is 0.326 e. The lowest BCUT2D eigenvalue weighted by Crippen LogP contribution is -2.23. The summed E-state index contributed by atoms with van der Waals surface area (Å²) in [5, 5.41) is 2.99. The Morgan fingerprint density at radius 2 is 2.00 bits per heavy atom. The molecule has 0 saturated carbocycles. The van der Waals surface area contributed by atoms with E-state index in [1.807, 2.05) is 24.3 Å². The molecule has 2 heterocycles. The molecule has 0 bridgehead atoms. The summed E-state index contributed by atoms with van der Waals surface area (Å²) in [5.74, 6) is -0.971. The average molecular weight is 379 g/mol. The molecule has 0 saturated heterocycles. The zero-order valence-electron chi connectivity index (χ0n) is 12.8. The van der Waals surface area contributed by atoms with Crippen LogP contribution in [0.3, 0.4) is 0 Å². The molecule has 1 aromatic carbocycles. The third-order valence-corrected chi connectivity index (χ3v) is 3.75. The van der Waals surface area contributed by atoms with E-state index in [0.29, 0.717) is 5.02 Å². The minimum atomic E-state index is -0.562. The Morgan fingerprint density at radius 1 is 1.20 bits per heavy atom. The van der Waals surface area contributed by atoms with Gasteiger partial charge in [-0.15, -0.1) is 0 Å². The quantitative estimate of drug-likeness (QED) is 0.689. The molecule has 0 radical (unpaired) electrons. The van der Waals surface area contributed by atoms with Crippen molar-refractivity contribution in [1.29, 1.82) is 0 Å². The number of nitrogens with zero attached hydrogens (tertiary/aromatic N) is 3. The molecule has 0 unspecified atom stereocenters. The first kappa shape index (κ1) is 17.2. The Morgan fingerprint density at radius 3 is 2.80 bits per heavy atom. The maximum atomic E-state index is 11.9. The number of carbonyl (C=O) groups is 2. The van der Waals surface area contributed by atoms with Crippen molar-refractivity contribution in [2.45, 2.75) is 6.54 Å². The molecule has 0 aliphatic carbocycles. The Labute approximate surface area is 152 Å². The minimum absolute atomic E-state index is 0.0479. The van der Waals surface area contributed by atoms with Gasteiger partial charge in [0.2, 0.25) is 0 Å². The molecule has 0 fully saturated rings. The number of imidazole rings is 1. The molecule has 1 N–H and O–H groups in total. The van der Waals surface area contributed by atoms with Gasteiger partial charge in [0.05, 0.1) is 27.4 Å². The third-order valence-electron chi connectivity index (χ3n) is 3.26. The fourth-order valence-corrected chi connectivity index (χ4v) is 2.57. The molecule has 3 aromatic rings. The van der Waals surface area contributed by atoms with Gasteiger partial charge in [-0.25, -0.2) is 9.97 Å². The number of esters is 1. The van der Waals surface area contributed by atoms with Gasteiger partial charge in [-0.3, -0.25) is 9.59 Å². The molecule has 0 aliphatic heterocycles. The Hall–Kier alpha value is -2.64. The Bertz CT molecular complexity index is 942. The largest absolute Gasteiger partial charge is 0.454 e. The van der Waals surface area contributed by atoms with Gasteiger partial charge in [0.1, 0.15) is 6.54 Å². The summed E-state index contributed by atoms with van der Waals surface area (Å²) in [6.07, 6.45) is 2.89. The molecule has 128 valence electrons. The molecule has 25 heavy (non-hydrogen) atoms. The van der Waals surface area contributed by atoms with Crippen molar-refractivity contribution in [2.24, 2.45) is 0 Å². The number of hydrogen-bond acceptors (Lipinski definition) is 5. The van der Waals surface area contributed by atoms with Crippen LogP contribution in [-0.2, 0) is 20.9 Å². The lowest BCUT2D eigenvalue weighted by molar-refractivity contribution is -0.147. The van der Waals surface area contributed by atoms with Gasteiger partial charge in [-0.1, -0.05) is 35.3 Å². The standard InChI is InChI=1S/C16H12Cl2N4O3/c17-10-5-11(18)16(19-6-10)21-14(23)8-25-15(24)7-22-9-20-12-3-1-2-4-13(12)22/h1-6,9H,7-8H2,(H,19,21,23). The number of rotatable bonds is 5. The van der Waals surface area contributed by atoms with Crippen LogP contribution in [0.1, 0.15) is 0 Å². The molecule has 3 rings (SSSR count). The number of hydrogen-bond donors (Lipinski definition) is 1. The lowest BCUT2D eigenvalue weighted by Gasteiger charge is -2.08. The number of anilines is 1. The highest BCUT2D eigenvalue weighted by Crippen LogP contribution is 2.22. The Balaban J connectivity index is 1.54. The number of halogens is 2. The van der Waals surface area contributed by atoms with Crippen LogP contribution in [0.2, 0.25) is 10.0 Å². The van der Waals surface area contributed by atoms with E-state index in [1.54, 1.807) is 10.9 Å². The van der Waals surface area contributed by atoms with Crippen LogP contribution in [0, 0.1) is 0 Å². The molecule has 2 aromatic heterocycles. The number of fused-ring (bicyclic) bond motifs is 1. The van der Waals surface area contributed by atoms with Crippen molar-refractivity contribution < 1.29 is 14.3 Å². The van der Waals surface area contributed by atoms with Gasteiger partial charge < -0.3 is 14.6 Å². The summed E-state index contributed by atoms with van der Waals surface area (Å²) in [6, 6.07) is 8.84. The van der Waals surface area contributed by atoms with Crippen LogP contribution in [-0.4, -0.2) is 33.0 Å². The average Bonchev–Trinajstić information content (AvgIpc) is 2.99. The highest BCUT2D eigenvalue weighted by molar-refractivity contribution is 6.36. The highest BCUT2D eigenvalue weighted by Gasteiger charge is 2.12. The zero-order chi connectivity index (χ0) is 17.8. The summed E-state index contributed by atoms with van der Waals surface area (Å²) in [4.78, 5) is 31.8. The van der Waals surface area contributed by atoms with E-state index in [9.17, 15) is 9.59 Å². The van der Waals surface area contributed by atoms with Crippen LogP contribution >= 0.6 is 23.2 Å². The number of ether oxygens (including phenoxy) is 1. The molecule has 7 nitrogen and oxygen atoms in total.